The number of carbonyl (C=O) groups excluding carboxylic acids is 5. The van der Waals surface area contributed by atoms with Crippen LogP contribution < -0.4 is 16.4 Å². The third kappa shape index (κ3) is 14.5. The van der Waals surface area contributed by atoms with Crippen LogP contribution >= 0.6 is 0 Å². The lowest BCUT2D eigenvalue weighted by Gasteiger charge is -2.28. The Kier molecular flexibility index (Phi) is 15.1. The molecule has 1 radical (unpaired) electrons. The highest BCUT2D eigenvalue weighted by Gasteiger charge is 2.31. The number of ether oxygens (including phenoxy) is 1. The Morgan fingerprint density at radius 3 is 2.03 bits per heavy atom. The zero-order valence-electron chi connectivity index (χ0n) is 22.4. The Morgan fingerprint density at radius 2 is 1.54 bits per heavy atom. The second-order valence-corrected chi connectivity index (χ2v) is 10.6. The first-order valence-electron chi connectivity index (χ1n) is 12.4. The average Bonchev–Trinajstić information content (AvgIpc) is 2.72. The number of nitrogens with one attached hydrogen (secondary N) is 2. The lowest BCUT2D eigenvalue weighted by molar-refractivity contribution is -0.147. The van der Waals surface area contributed by atoms with Crippen molar-refractivity contribution in [3.63, 3.8) is 0 Å². The van der Waals surface area contributed by atoms with Gasteiger partial charge >= 0.3 is 6.09 Å². The third-order valence-corrected chi connectivity index (χ3v) is 4.90. The summed E-state index contributed by atoms with van der Waals surface area (Å²) in [6.07, 6.45) is 3.77. The van der Waals surface area contributed by atoms with Crippen LogP contribution in [0.25, 0.3) is 0 Å². The molecule has 0 bridgehead atoms. The quantitative estimate of drug-likeness (QED) is 0.294. The van der Waals surface area contributed by atoms with Crippen LogP contribution in [0.4, 0.5) is 4.79 Å². The molecule has 35 heavy (non-hydrogen) atoms. The fourth-order valence-electron chi connectivity index (χ4n) is 3.38. The predicted octanol–water partition coefficient (Wildman–Crippen LogP) is 2.44. The van der Waals surface area contributed by atoms with Gasteiger partial charge in [0, 0.05) is 6.42 Å². The molecule has 0 unspecified atom stereocenters. The van der Waals surface area contributed by atoms with Gasteiger partial charge in [-0.1, -0.05) is 34.1 Å². The monoisotopic (exact) mass is 497 g/mol. The molecule has 0 saturated heterocycles. The van der Waals surface area contributed by atoms with Crippen molar-refractivity contribution in [1.29, 1.82) is 0 Å². The van der Waals surface area contributed by atoms with Crippen molar-refractivity contribution < 1.29 is 28.7 Å². The summed E-state index contributed by atoms with van der Waals surface area (Å²) >= 11 is 0. The first-order chi connectivity index (χ1) is 16.2. The molecule has 0 aliphatic carbocycles. The van der Waals surface area contributed by atoms with Crippen LogP contribution in [0.3, 0.4) is 0 Å². The standard InChI is InChI=1S/C25H45N4O6/c1-17(2)13-19(16-30)29(21(31)11-9-8-10-12-26)22(32)15-27-23(33)20(14-18(3)4)28-24(34)35-25(5,6)7/h17-20H,8-15,26H2,1-7H3,(H,27,33)(H,28,34)/t19-,20-/m0/s1. The van der Waals surface area contributed by atoms with Gasteiger partial charge in [-0.25, -0.2) is 4.79 Å². The summed E-state index contributed by atoms with van der Waals surface area (Å²) in [7, 11) is 0. The van der Waals surface area contributed by atoms with Gasteiger partial charge in [0.25, 0.3) is 0 Å². The van der Waals surface area contributed by atoms with Gasteiger partial charge in [-0.15, -0.1) is 0 Å². The van der Waals surface area contributed by atoms with Gasteiger partial charge in [0.2, 0.25) is 24.0 Å². The van der Waals surface area contributed by atoms with E-state index < -0.39 is 48.0 Å². The molecular formula is C25H45N4O6. The fourth-order valence-corrected chi connectivity index (χ4v) is 3.38. The topological polar surface area (TPSA) is 148 Å². The molecule has 0 spiro atoms. The predicted molar refractivity (Wildman–Crippen MR) is 134 cm³/mol. The Hall–Kier alpha value is -2.49. The summed E-state index contributed by atoms with van der Waals surface area (Å²) in [5, 5.41) is 5.04. The molecule has 4 N–H and O–H groups in total. The lowest BCUT2D eigenvalue weighted by atomic mass is 10.0. The number of nitrogens with two attached hydrogens (primary N) is 1. The number of unbranched alkanes of at least 4 members (excludes halogenated alkanes) is 2. The Morgan fingerprint density at radius 1 is 0.943 bits per heavy atom. The summed E-state index contributed by atoms with van der Waals surface area (Å²) < 4.78 is 5.23. The Balaban J connectivity index is 5.40. The van der Waals surface area contributed by atoms with Crippen LogP contribution in [-0.4, -0.2) is 65.8 Å². The second kappa shape index (κ2) is 16.2. The van der Waals surface area contributed by atoms with Gasteiger partial charge in [-0.3, -0.25) is 24.1 Å². The van der Waals surface area contributed by atoms with Crippen LogP contribution in [0, 0.1) is 11.8 Å². The van der Waals surface area contributed by atoms with Crippen molar-refractivity contribution in [2.24, 2.45) is 17.6 Å². The highest BCUT2D eigenvalue weighted by molar-refractivity contribution is 6.00. The Labute approximate surface area is 210 Å². The zero-order valence-corrected chi connectivity index (χ0v) is 22.4. The molecule has 0 fully saturated rings. The third-order valence-electron chi connectivity index (χ3n) is 4.90. The summed E-state index contributed by atoms with van der Waals surface area (Å²) in [6, 6.07) is -1.96. The molecule has 0 aliphatic rings. The molecule has 0 aromatic carbocycles. The maximum absolute atomic E-state index is 13.0. The molecule has 10 nitrogen and oxygen atoms in total. The molecule has 0 aliphatic heterocycles. The molecule has 201 valence electrons. The van der Waals surface area contributed by atoms with Gasteiger partial charge < -0.3 is 21.1 Å². The number of hydrogen-bond acceptors (Lipinski definition) is 7. The molecular weight excluding hydrogens is 452 g/mol. The van der Waals surface area contributed by atoms with E-state index in [4.69, 9.17) is 10.5 Å². The number of carbonyl (C=O) groups is 4. The van der Waals surface area contributed by atoms with Crippen molar-refractivity contribution >= 4 is 30.1 Å². The van der Waals surface area contributed by atoms with Crippen LogP contribution in [0.1, 0.15) is 87.0 Å². The second-order valence-electron chi connectivity index (χ2n) is 10.6. The first-order valence-corrected chi connectivity index (χ1v) is 12.4. The van der Waals surface area contributed by atoms with E-state index in [-0.39, 0.29) is 24.7 Å². The minimum absolute atomic E-state index is 0.0461. The molecule has 0 aromatic heterocycles. The van der Waals surface area contributed by atoms with E-state index in [0.29, 0.717) is 19.4 Å². The van der Waals surface area contributed by atoms with Gasteiger partial charge in [0.15, 0.2) is 0 Å². The van der Waals surface area contributed by atoms with E-state index in [2.05, 4.69) is 10.6 Å². The van der Waals surface area contributed by atoms with Crippen molar-refractivity contribution in [2.45, 2.75) is 105 Å². The number of rotatable bonds is 15. The molecule has 10 heteroatoms. The minimum atomic E-state index is -1.03. The van der Waals surface area contributed by atoms with Gasteiger partial charge in [-0.05, 0) is 64.8 Å². The van der Waals surface area contributed by atoms with E-state index in [1.54, 1.807) is 20.8 Å². The van der Waals surface area contributed by atoms with E-state index >= 15 is 0 Å². The Bertz CT molecular complexity index is 703. The van der Waals surface area contributed by atoms with E-state index in [0.717, 1.165) is 17.7 Å². The lowest BCUT2D eigenvalue weighted by Crippen LogP contribution is -2.53. The normalized spacial score (nSPS) is 13.2. The van der Waals surface area contributed by atoms with Crippen LogP contribution in [0.2, 0.25) is 0 Å². The fraction of sp³-hybridized carbons (Fsp3) is 0.800. The average molecular weight is 498 g/mol. The molecule has 0 aromatic rings. The summed E-state index contributed by atoms with van der Waals surface area (Å²) in [5.74, 6) is -1.64. The number of nitrogens with zero attached hydrogens (tertiary/aromatic N) is 1. The van der Waals surface area contributed by atoms with Crippen molar-refractivity contribution in [3.05, 3.63) is 0 Å². The molecule has 0 heterocycles. The molecule has 2 atom stereocenters. The number of amides is 4. The van der Waals surface area contributed by atoms with Crippen molar-refractivity contribution in [3.8, 4) is 0 Å². The zero-order chi connectivity index (χ0) is 27.2. The van der Waals surface area contributed by atoms with Crippen molar-refractivity contribution in [2.75, 3.05) is 13.1 Å². The van der Waals surface area contributed by atoms with Gasteiger partial charge in [0.1, 0.15) is 17.7 Å². The van der Waals surface area contributed by atoms with Gasteiger partial charge in [0.05, 0.1) is 6.54 Å². The largest absolute Gasteiger partial charge is 0.444 e. The van der Waals surface area contributed by atoms with Crippen molar-refractivity contribution in [1.82, 2.24) is 15.5 Å². The summed E-state index contributed by atoms with van der Waals surface area (Å²) in [4.78, 5) is 63.4. The van der Waals surface area contributed by atoms with E-state index in [1.165, 1.54) is 0 Å². The maximum Gasteiger partial charge on any atom is 0.408 e. The molecule has 0 saturated carbocycles. The highest BCUT2D eigenvalue weighted by atomic mass is 16.6. The van der Waals surface area contributed by atoms with Crippen LogP contribution in [-0.2, 0) is 23.9 Å². The smallest absolute Gasteiger partial charge is 0.408 e. The minimum Gasteiger partial charge on any atom is -0.444 e. The molecule has 0 rings (SSSR count). The maximum atomic E-state index is 13.0. The van der Waals surface area contributed by atoms with Crippen LogP contribution in [0.5, 0.6) is 0 Å². The van der Waals surface area contributed by atoms with E-state index in [9.17, 15) is 24.0 Å². The highest BCUT2D eigenvalue weighted by Crippen LogP contribution is 2.14. The number of hydrogen-bond donors (Lipinski definition) is 3. The number of alkyl carbamates (subject to hydrolysis) is 1. The number of imide groups is 1. The SMILES string of the molecule is CC(C)C[C@H](NC(=O)OC(C)(C)C)C(=O)NCC(=O)N(C(=O)CCCCCN)[C@H]([C]=O)CC(C)C. The summed E-state index contributed by atoms with van der Waals surface area (Å²) in [5.41, 5.74) is 4.75. The molecule has 4 amide bonds. The van der Waals surface area contributed by atoms with E-state index in [1.807, 2.05) is 34.0 Å². The summed E-state index contributed by atoms with van der Waals surface area (Å²) in [6.45, 7) is 12.7. The first kappa shape index (κ1) is 32.5. The van der Waals surface area contributed by atoms with Crippen LogP contribution in [0.15, 0.2) is 0 Å². The van der Waals surface area contributed by atoms with Gasteiger partial charge in [-0.2, -0.15) is 0 Å².